The number of benzene rings is 2. The molecule has 2 heterocycles. The Morgan fingerprint density at radius 3 is 2.52 bits per heavy atom. The molecule has 7 nitrogen and oxygen atoms in total. The maximum atomic E-state index is 13.6. The number of aryl methyl sites for hydroxylation is 2. The van der Waals surface area contributed by atoms with Crippen molar-refractivity contribution in [3.05, 3.63) is 71.4 Å². The van der Waals surface area contributed by atoms with Crippen LogP contribution in [0.25, 0.3) is 5.78 Å². The molecule has 9 heteroatoms. The van der Waals surface area contributed by atoms with Gasteiger partial charge in [-0.1, -0.05) is 24.8 Å². The Balaban J connectivity index is 1.48. The Hall–Kier alpha value is -3.46. The SMILES string of the molecule is CCc1c(C)nc2ncnn2c1Sc1ccc(NC(=O)Nc2ccc(C)c(F)c2)cc1. The molecule has 31 heavy (non-hydrogen) atoms. The van der Waals surface area contributed by atoms with Gasteiger partial charge in [0.05, 0.1) is 0 Å². The van der Waals surface area contributed by atoms with E-state index < -0.39 is 6.03 Å². The number of hydrogen-bond donors (Lipinski definition) is 2. The molecule has 0 spiro atoms. The normalized spacial score (nSPS) is 11.0. The van der Waals surface area contributed by atoms with Gasteiger partial charge in [0.25, 0.3) is 5.78 Å². The van der Waals surface area contributed by atoms with Crippen LogP contribution in [0.5, 0.6) is 0 Å². The summed E-state index contributed by atoms with van der Waals surface area (Å²) < 4.78 is 15.4. The fraction of sp³-hybridized carbons (Fsp3) is 0.182. The summed E-state index contributed by atoms with van der Waals surface area (Å²) in [5.41, 5.74) is 3.60. The predicted octanol–water partition coefficient (Wildman–Crippen LogP) is 5.24. The second-order valence-electron chi connectivity index (χ2n) is 6.98. The number of carbonyl (C=O) groups is 1. The highest BCUT2D eigenvalue weighted by Crippen LogP contribution is 2.32. The van der Waals surface area contributed by atoms with Crippen molar-refractivity contribution in [1.29, 1.82) is 0 Å². The summed E-state index contributed by atoms with van der Waals surface area (Å²) in [6, 6.07) is 11.6. The van der Waals surface area contributed by atoms with E-state index in [1.54, 1.807) is 35.3 Å². The molecule has 0 atom stereocenters. The Morgan fingerprint density at radius 2 is 1.81 bits per heavy atom. The van der Waals surface area contributed by atoms with Crippen molar-refractivity contribution >= 4 is 34.9 Å². The average Bonchev–Trinajstić information content (AvgIpc) is 3.20. The van der Waals surface area contributed by atoms with Gasteiger partial charge in [0.2, 0.25) is 0 Å². The number of halogens is 1. The van der Waals surface area contributed by atoms with E-state index in [-0.39, 0.29) is 5.82 Å². The summed E-state index contributed by atoms with van der Waals surface area (Å²) >= 11 is 1.57. The maximum Gasteiger partial charge on any atom is 0.323 e. The fourth-order valence-corrected chi connectivity index (χ4v) is 4.27. The minimum atomic E-state index is -0.439. The first-order valence-corrected chi connectivity index (χ1v) is 10.6. The Labute approximate surface area is 183 Å². The molecular weight excluding hydrogens is 415 g/mol. The lowest BCUT2D eigenvalue weighted by Crippen LogP contribution is -2.19. The smallest absolute Gasteiger partial charge is 0.308 e. The number of hydrogen-bond acceptors (Lipinski definition) is 5. The molecule has 0 fully saturated rings. The number of carbonyl (C=O) groups excluding carboxylic acids is 1. The molecule has 2 aromatic heterocycles. The van der Waals surface area contributed by atoms with Crippen molar-refractivity contribution in [2.24, 2.45) is 0 Å². The number of urea groups is 1. The number of nitrogens with one attached hydrogen (secondary N) is 2. The van der Waals surface area contributed by atoms with Crippen LogP contribution in [0, 0.1) is 19.7 Å². The zero-order chi connectivity index (χ0) is 22.0. The number of amides is 2. The lowest BCUT2D eigenvalue weighted by molar-refractivity contribution is 0.262. The third kappa shape index (κ3) is 4.51. The third-order valence-electron chi connectivity index (χ3n) is 4.79. The van der Waals surface area contributed by atoms with Crippen molar-refractivity contribution in [3.63, 3.8) is 0 Å². The molecule has 0 saturated heterocycles. The van der Waals surface area contributed by atoms with Crippen LogP contribution >= 0.6 is 11.8 Å². The van der Waals surface area contributed by atoms with Crippen LogP contribution in [0.2, 0.25) is 0 Å². The molecule has 158 valence electrons. The van der Waals surface area contributed by atoms with Crippen molar-refractivity contribution in [3.8, 4) is 0 Å². The van der Waals surface area contributed by atoms with E-state index in [1.165, 1.54) is 12.4 Å². The predicted molar refractivity (Wildman–Crippen MR) is 119 cm³/mol. The van der Waals surface area contributed by atoms with E-state index >= 15 is 0 Å². The molecule has 0 saturated carbocycles. The van der Waals surface area contributed by atoms with Crippen LogP contribution < -0.4 is 10.6 Å². The highest BCUT2D eigenvalue weighted by molar-refractivity contribution is 7.99. The number of fused-ring (bicyclic) bond motifs is 1. The van der Waals surface area contributed by atoms with Gasteiger partial charge < -0.3 is 10.6 Å². The fourth-order valence-electron chi connectivity index (χ4n) is 3.15. The summed E-state index contributed by atoms with van der Waals surface area (Å²) in [6.07, 6.45) is 2.33. The van der Waals surface area contributed by atoms with Crippen LogP contribution in [-0.2, 0) is 6.42 Å². The van der Waals surface area contributed by atoms with Gasteiger partial charge in [0.1, 0.15) is 17.2 Å². The van der Waals surface area contributed by atoms with Gasteiger partial charge in [-0.3, -0.25) is 0 Å². The van der Waals surface area contributed by atoms with Crippen molar-refractivity contribution in [2.75, 3.05) is 10.6 Å². The molecule has 2 amide bonds. The number of rotatable bonds is 5. The quantitative estimate of drug-likeness (QED) is 0.418. The number of anilines is 2. The van der Waals surface area contributed by atoms with Gasteiger partial charge in [-0.15, -0.1) is 0 Å². The van der Waals surface area contributed by atoms with Crippen LogP contribution in [0.3, 0.4) is 0 Å². The molecule has 0 aliphatic carbocycles. The summed E-state index contributed by atoms with van der Waals surface area (Å²) in [7, 11) is 0. The second-order valence-corrected chi connectivity index (χ2v) is 8.04. The Morgan fingerprint density at radius 1 is 1.10 bits per heavy atom. The van der Waals surface area contributed by atoms with Crippen molar-refractivity contribution in [1.82, 2.24) is 19.6 Å². The highest BCUT2D eigenvalue weighted by Gasteiger charge is 2.14. The van der Waals surface area contributed by atoms with Gasteiger partial charge in [-0.05, 0) is 62.2 Å². The van der Waals surface area contributed by atoms with Crippen LogP contribution in [0.15, 0.2) is 58.7 Å². The average molecular weight is 437 g/mol. The van der Waals surface area contributed by atoms with Gasteiger partial charge in [-0.2, -0.15) is 14.6 Å². The van der Waals surface area contributed by atoms with Gasteiger partial charge in [0, 0.05) is 27.5 Å². The third-order valence-corrected chi connectivity index (χ3v) is 5.92. The van der Waals surface area contributed by atoms with Crippen LogP contribution in [0.1, 0.15) is 23.7 Å². The molecule has 2 N–H and O–H groups in total. The van der Waals surface area contributed by atoms with Crippen molar-refractivity contribution in [2.45, 2.75) is 37.1 Å². The lowest BCUT2D eigenvalue weighted by Gasteiger charge is -2.12. The zero-order valence-corrected chi connectivity index (χ0v) is 18.1. The first kappa shape index (κ1) is 20.8. The van der Waals surface area contributed by atoms with E-state index in [1.807, 2.05) is 31.2 Å². The standard InChI is InChI=1S/C22H21FN6OS/c1-4-18-14(3)26-21-24-12-25-29(21)20(18)31-17-9-7-15(8-10-17)27-22(30)28-16-6-5-13(2)19(23)11-16/h5-12H,4H2,1-3H3,(H2,27,28,30). The van der Waals surface area contributed by atoms with E-state index in [4.69, 9.17) is 0 Å². The molecule has 0 aliphatic rings. The summed E-state index contributed by atoms with van der Waals surface area (Å²) in [5, 5.41) is 10.7. The monoisotopic (exact) mass is 436 g/mol. The summed E-state index contributed by atoms with van der Waals surface area (Å²) in [4.78, 5) is 21.9. The minimum absolute atomic E-state index is 0.363. The lowest BCUT2D eigenvalue weighted by atomic mass is 10.2. The maximum absolute atomic E-state index is 13.6. The number of aromatic nitrogens is 4. The molecule has 4 aromatic rings. The second kappa shape index (κ2) is 8.73. The number of nitrogens with zero attached hydrogens (tertiary/aromatic N) is 4. The largest absolute Gasteiger partial charge is 0.323 e. The minimum Gasteiger partial charge on any atom is -0.308 e. The van der Waals surface area contributed by atoms with Gasteiger partial charge in [-0.25, -0.2) is 14.2 Å². The highest BCUT2D eigenvalue weighted by atomic mass is 32.2. The molecule has 0 bridgehead atoms. The van der Waals surface area contributed by atoms with Crippen molar-refractivity contribution < 1.29 is 9.18 Å². The summed E-state index contributed by atoms with van der Waals surface area (Å²) in [6.45, 7) is 5.73. The Kier molecular flexibility index (Phi) is 5.85. The van der Waals surface area contributed by atoms with E-state index in [2.05, 4.69) is 32.6 Å². The summed E-state index contributed by atoms with van der Waals surface area (Å²) in [5.74, 6) is 0.207. The molecule has 2 aromatic carbocycles. The van der Waals surface area contributed by atoms with Gasteiger partial charge >= 0.3 is 6.03 Å². The van der Waals surface area contributed by atoms with Gasteiger partial charge in [0.15, 0.2) is 0 Å². The molecular formula is C22H21FN6OS. The van der Waals surface area contributed by atoms with E-state index in [0.717, 1.165) is 27.6 Å². The molecule has 0 radical (unpaired) electrons. The van der Waals surface area contributed by atoms with E-state index in [0.29, 0.717) is 22.7 Å². The van der Waals surface area contributed by atoms with Crippen LogP contribution in [0.4, 0.5) is 20.6 Å². The molecule has 4 rings (SSSR count). The molecule has 0 unspecified atom stereocenters. The first-order valence-electron chi connectivity index (χ1n) is 9.76. The first-order chi connectivity index (χ1) is 14.9. The zero-order valence-electron chi connectivity index (χ0n) is 17.3. The Bertz CT molecular complexity index is 1260. The molecule has 0 aliphatic heterocycles. The van der Waals surface area contributed by atoms with E-state index in [9.17, 15) is 9.18 Å². The van der Waals surface area contributed by atoms with Crippen LogP contribution in [-0.4, -0.2) is 25.6 Å². The topological polar surface area (TPSA) is 84.2 Å².